The molecule has 35 heavy (non-hydrogen) atoms. The third-order valence-corrected chi connectivity index (χ3v) is 7.92. The lowest BCUT2D eigenvalue weighted by molar-refractivity contribution is -0.141. The number of nitrogens with zero attached hydrogens (tertiary/aromatic N) is 1. The molecule has 2 N–H and O–H groups in total. The van der Waals surface area contributed by atoms with E-state index >= 15 is 0 Å². The third-order valence-electron chi connectivity index (χ3n) is 7.92. The summed E-state index contributed by atoms with van der Waals surface area (Å²) in [5.74, 6) is 1.57. The van der Waals surface area contributed by atoms with E-state index in [2.05, 4.69) is 35.2 Å². The van der Waals surface area contributed by atoms with Crippen LogP contribution in [0.25, 0.3) is 0 Å². The van der Waals surface area contributed by atoms with Gasteiger partial charge in [-0.05, 0) is 90.3 Å². The van der Waals surface area contributed by atoms with Crippen molar-refractivity contribution in [2.75, 3.05) is 32.2 Å². The highest BCUT2D eigenvalue weighted by atomic mass is 16.7. The fourth-order valence-corrected chi connectivity index (χ4v) is 6.10. The molecule has 3 aromatic carbocycles. The van der Waals surface area contributed by atoms with E-state index in [1.54, 1.807) is 32.4 Å². The number of piperidine rings is 1. The Morgan fingerprint density at radius 1 is 0.771 bits per heavy atom. The molecule has 0 saturated carbocycles. The van der Waals surface area contributed by atoms with E-state index in [4.69, 9.17) is 9.47 Å². The van der Waals surface area contributed by atoms with Crippen LogP contribution >= 0.6 is 0 Å². The molecular formula is C30H35NO4. The minimum absolute atomic E-state index is 0.123. The number of aryl methyl sites for hydroxylation is 1. The second-order valence-corrected chi connectivity index (χ2v) is 9.85. The van der Waals surface area contributed by atoms with Gasteiger partial charge in [0.05, 0.1) is 0 Å². The topological polar surface area (TPSA) is 62.2 Å². The number of phenols is 2. The van der Waals surface area contributed by atoms with Crippen LogP contribution in [0.2, 0.25) is 0 Å². The molecule has 1 aliphatic carbocycles. The number of anilines is 1. The number of hydrogen-bond donors (Lipinski definition) is 2. The van der Waals surface area contributed by atoms with Crippen molar-refractivity contribution in [3.63, 3.8) is 0 Å². The van der Waals surface area contributed by atoms with Crippen molar-refractivity contribution in [2.24, 2.45) is 5.92 Å². The molecule has 0 aromatic heterocycles. The van der Waals surface area contributed by atoms with E-state index in [0.717, 1.165) is 38.8 Å². The van der Waals surface area contributed by atoms with Crippen molar-refractivity contribution in [1.29, 1.82) is 0 Å². The van der Waals surface area contributed by atoms with E-state index in [-0.39, 0.29) is 12.2 Å². The third kappa shape index (κ3) is 4.89. The second-order valence-electron chi connectivity index (χ2n) is 9.85. The number of phenolic OH excluding ortho intramolecular Hbond substituents is 2. The lowest BCUT2D eigenvalue weighted by Crippen LogP contribution is -2.39. The first-order valence-electron chi connectivity index (χ1n) is 12.6. The van der Waals surface area contributed by atoms with Gasteiger partial charge in [0.2, 0.25) is 0 Å². The fourth-order valence-electron chi connectivity index (χ4n) is 6.10. The zero-order valence-electron chi connectivity index (χ0n) is 20.6. The first-order valence-corrected chi connectivity index (χ1v) is 12.6. The van der Waals surface area contributed by atoms with Crippen molar-refractivity contribution in [3.8, 4) is 11.5 Å². The van der Waals surface area contributed by atoms with Crippen LogP contribution in [-0.2, 0) is 15.9 Å². The Hall–Kier alpha value is -3.02. The maximum atomic E-state index is 10.1. The predicted molar refractivity (Wildman–Crippen MR) is 138 cm³/mol. The van der Waals surface area contributed by atoms with Crippen LogP contribution in [0.1, 0.15) is 53.4 Å². The van der Waals surface area contributed by atoms with Crippen LogP contribution in [0.3, 0.4) is 0 Å². The molecule has 0 bridgehead atoms. The number of ether oxygens (including phenoxy) is 2. The van der Waals surface area contributed by atoms with E-state index in [0.29, 0.717) is 23.3 Å². The normalized spacial score (nSPS) is 20.7. The summed E-state index contributed by atoms with van der Waals surface area (Å²) in [6, 6.07) is 22.5. The number of fused-ring (bicyclic) bond motifs is 1. The van der Waals surface area contributed by atoms with Crippen LogP contribution in [0, 0.1) is 5.92 Å². The lowest BCUT2D eigenvalue weighted by atomic mass is 9.69. The van der Waals surface area contributed by atoms with Gasteiger partial charge in [0, 0.05) is 44.8 Å². The molecule has 2 atom stereocenters. The molecule has 1 aliphatic heterocycles. The SMILES string of the molecule is COC(OC)C1CCN(c2ccc([C@@H]3c4ccc(O)cc4CC[C@@H]3c3ccc(O)cc3)cc2)CC1. The molecule has 0 amide bonds. The molecule has 5 heteroatoms. The number of hydrogen-bond acceptors (Lipinski definition) is 5. The van der Waals surface area contributed by atoms with Crippen LogP contribution < -0.4 is 4.90 Å². The highest BCUT2D eigenvalue weighted by molar-refractivity contribution is 5.52. The maximum Gasteiger partial charge on any atom is 0.159 e. The quantitative estimate of drug-likeness (QED) is 0.444. The Bertz CT molecular complexity index is 1120. The molecule has 3 aromatic rings. The summed E-state index contributed by atoms with van der Waals surface area (Å²) < 4.78 is 11.0. The van der Waals surface area contributed by atoms with Crippen molar-refractivity contribution < 1.29 is 19.7 Å². The van der Waals surface area contributed by atoms with E-state index in [1.807, 2.05) is 18.2 Å². The molecule has 5 rings (SSSR count). The summed E-state index contributed by atoms with van der Waals surface area (Å²) in [5, 5.41) is 19.9. The average molecular weight is 474 g/mol. The van der Waals surface area contributed by atoms with Crippen LogP contribution in [0.15, 0.2) is 66.7 Å². The van der Waals surface area contributed by atoms with Gasteiger partial charge < -0.3 is 24.6 Å². The summed E-state index contributed by atoms with van der Waals surface area (Å²) in [4.78, 5) is 2.45. The molecule has 5 nitrogen and oxygen atoms in total. The Morgan fingerprint density at radius 3 is 2.06 bits per heavy atom. The van der Waals surface area contributed by atoms with Crippen molar-refractivity contribution in [3.05, 3.63) is 89.0 Å². The number of benzene rings is 3. The standard InChI is InChI=1S/C30H35NO4/c1-34-30(35-2)22-15-17-31(18-16-22)24-8-3-21(4-9-24)29-27(20-5-10-25(32)11-6-20)13-7-23-19-26(33)12-14-28(23)29/h3-6,8-12,14,19,22,27,29-30,32-33H,7,13,15-18H2,1-2H3/t27-,29+/m1/s1. The zero-order chi connectivity index (χ0) is 24.4. The highest BCUT2D eigenvalue weighted by Crippen LogP contribution is 2.47. The van der Waals surface area contributed by atoms with Gasteiger partial charge in [-0.25, -0.2) is 0 Å². The largest absolute Gasteiger partial charge is 0.508 e. The summed E-state index contributed by atoms with van der Waals surface area (Å²) in [6.07, 6.45) is 3.92. The Kier molecular flexibility index (Phi) is 6.98. The van der Waals surface area contributed by atoms with Crippen LogP contribution in [0.4, 0.5) is 5.69 Å². The first kappa shape index (κ1) is 23.7. The van der Waals surface area contributed by atoms with Crippen LogP contribution in [-0.4, -0.2) is 43.8 Å². The molecule has 0 unspecified atom stereocenters. The van der Waals surface area contributed by atoms with Gasteiger partial charge in [-0.15, -0.1) is 0 Å². The van der Waals surface area contributed by atoms with Crippen LogP contribution in [0.5, 0.6) is 11.5 Å². The van der Waals surface area contributed by atoms with Gasteiger partial charge >= 0.3 is 0 Å². The minimum atomic E-state index is -0.123. The molecular weight excluding hydrogens is 438 g/mol. The Labute approximate surface area is 207 Å². The molecule has 2 aliphatic rings. The van der Waals surface area contributed by atoms with Crippen molar-refractivity contribution >= 4 is 5.69 Å². The van der Waals surface area contributed by atoms with Gasteiger partial charge in [0.15, 0.2) is 6.29 Å². The van der Waals surface area contributed by atoms with Crippen molar-refractivity contribution in [1.82, 2.24) is 0 Å². The Balaban J connectivity index is 1.40. The molecule has 184 valence electrons. The summed E-state index contributed by atoms with van der Waals surface area (Å²) >= 11 is 0. The molecule has 1 saturated heterocycles. The maximum absolute atomic E-state index is 10.1. The predicted octanol–water partition coefficient (Wildman–Crippen LogP) is 5.80. The van der Waals surface area contributed by atoms with Gasteiger partial charge in [-0.2, -0.15) is 0 Å². The highest BCUT2D eigenvalue weighted by Gasteiger charge is 2.32. The zero-order valence-corrected chi connectivity index (χ0v) is 20.6. The van der Waals surface area contributed by atoms with E-state index < -0.39 is 0 Å². The summed E-state index contributed by atoms with van der Waals surface area (Å²) in [6.45, 7) is 1.99. The molecule has 0 radical (unpaired) electrons. The van der Waals surface area contributed by atoms with Gasteiger partial charge in [0.25, 0.3) is 0 Å². The number of rotatable bonds is 6. The molecule has 0 spiro atoms. The Morgan fingerprint density at radius 2 is 1.40 bits per heavy atom. The second kappa shape index (κ2) is 10.3. The molecule has 1 heterocycles. The van der Waals surface area contributed by atoms with E-state index in [9.17, 15) is 10.2 Å². The number of aromatic hydroxyl groups is 2. The summed E-state index contributed by atoms with van der Waals surface area (Å²) in [7, 11) is 3.44. The first-order chi connectivity index (χ1) is 17.1. The minimum Gasteiger partial charge on any atom is -0.508 e. The molecule has 1 fully saturated rings. The van der Waals surface area contributed by atoms with Gasteiger partial charge in [0.1, 0.15) is 11.5 Å². The van der Waals surface area contributed by atoms with Crippen molar-refractivity contribution in [2.45, 2.75) is 43.8 Å². The van der Waals surface area contributed by atoms with Gasteiger partial charge in [-0.1, -0.05) is 30.3 Å². The number of methoxy groups -OCH3 is 2. The lowest BCUT2D eigenvalue weighted by Gasteiger charge is -2.37. The average Bonchev–Trinajstić information content (AvgIpc) is 2.90. The van der Waals surface area contributed by atoms with Gasteiger partial charge in [-0.3, -0.25) is 0 Å². The smallest absolute Gasteiger partial charge is 0.159 e. The summed E-state index contributed by atoms with van der Waals surface area (Å²) in [5.41, 5.74) is 6.28. The monoisotopic (exact) mass is 473 g/mol. The van der Waals surface area contributed by atoms with E-state index in [1.165, 1.54) is 27.9 Å². The fraction of sp³-hybridized carbons (Fsp3) is 0.400.